The normalized spacial score (nSPS) is 10.6. The molecule has 9 nitrogen and oxygen atoms in total. The van der Waals surface area contributed by atoms with Crippen molar-refractivity contribution in [1.82, 2.24) is 19.7 Å². The maximum absolute atomic E-state index is 12.7. The molecule has 0 aliphatic rings. The molecule has 0 saturated heterocycles. The van der Waals surface area contributed by atoms with Crippen molar-refractivity contribution in [3.8, 4) is 17.2 Å². The molecule has 3 aromatic rings. The standard InChI is InChI=1S/C22H23N7O2/c1-14(2)7-15-8-20(24-10-16(15)9-23)27-22(31)29(4)21-6-5-18(19(13-30)26-21)17-11-25-28(3)12-17/h5-6,8,10-14H,7H2,1-4H3,(H,24,27,31). The monoisotopic (exact) mass is 417 g/mol. The number of nitriles is 1. The summed E-state index contributed by atoms with van der Waals surface area (Å²) in [6.45, 7) is 4.11. The molecule has 0 aliphatic heterocycles. The average molecular weight is 417 g/mol. The van der Waals surface area contributed by atoms with E-state index in [4.69, 9.17) is 0 Å². The number of nitrogens with zero attached hydrogens (tertiary/aromatic N) is 6. The first kappa shape index (κ1) is 21.6. The lowest BCUT2D eigenvalue weighted by molar-refractivity contribution is 0.111. The minimum atomic E-state index is -0.466. The molecule has 3 heterocycles. The van der Waals surface area contributed by atoms with Gasteiger partial charge in [-0.2, -0.15) is 10.4 Å². The van der Waals surface area contributed by atoms with Gasteiger partial charge < -0.3 is 0 Å². The molecule has 0 aliphatic carbocycles. The summed E-state index contributed by atoms with van der Waals surface area (Å²) < 4.78 is 1.63. The number of carbonyl (C=O) groups excluding carboxylic acids is 2. The Morgan fingerprint density at radius 3 is 2.74 bits per heavy atom. The van der Waals surface area contributed by atoms with Crippen molar-refractivity contribution in [2.75, 3.05) is 17.3 Å². The molecule has 0 saturated carbocycles. The molecule has 31 heavy (non-hydrogen) atoms. The molecule has 9 heteroatoms. The molecule has 3 rings (SSSR count). The SMILES string of the molecule is CC(C)Cc1cc(NC(=O)N(C)c2ccc(-c3cnn(C)c3)c(C=O)n2)ncc1C#N. The van der Waals surface area contributed by atoms with Crippen LogP contribution in [0, 0.1) is 17.2 Å². The van der Waals surface area contributed by atoms with Gasteiger partial charge in [0.2, 0.25) is 0 Å². The van der Waals surface area contributed by atoms with Crippen molar-refractivity contribution in [2.24, 2.45) is 13.0 Å². The predicted octanol–water partition coefficient (Wildman–Crippen LogP) is 3.43. The molecule has 0 radical (unpaired) electrons. The quantitative estimate of drug-likeness (QED) is 0.614. The maximum atomic E-state index is 12.7. The van der Waals surface area contributed by atoms with E-state index in [2.05, 4.69) is 40.3 Å². The molecule has 0 fully saturated rings. The number of aromatic nitrogens is 4. The highest BCUT2D eigenvalue weighted by Crippen LogP contribution is 2.24. The first-order valence-corrected chi connectivity index (χ1v) is 9.71. The number of urea groups is 1. The Morgan fingerprint density at radius 2 is 2.13 bits per heavy atom. The topological polar surface area (TPSA) is 117 Å². The summed E-state index contributed by atoms with van der Waals surface area (Å²) in [5, 5.41) is 16.1. The van der Waals surface area contributed by atoms with Gasteiger partial charge in [-0.3, -0.25) is 19.7 Å². The van der Waals surface area contributed by atoms with E-state index in [0.29, 0.717) is 41.4 Å². The zero-order valence-electron chi connectivity index (χ0n) is 17.8. The van der Waals surface area contributed by atoms with Crippen LogP contribution in [0.2, 0.25) is 0 Å². The van der Waals surface area contributed by atoms with E-state index < -0.39 is 6.03 Å². The minimum Gasteiger partial charge on any atom is -0.296 e. The van der Waals surface area contributed by atoms with Gasteiger partial charge in [0, 0.05) is 37.6 Å². The van der Waals surface area contributed by atoms with E-state index in [-0.39, 0.29) is 5.69 Å². The number of aldehydes is 1. The van der Waals surface area contributed by atoms with Crippen LogP contribution in [0.3, 0.4) is 0 Å². The smallest absolute Gasteiger partial charge is 0.296 e. The molecule has 158 valence electrons. The third-order valence-corrected chi connectivity index (χ3v) is 4.66. The van der Waals surface area contributed by atoms with Gasteiger partial charge in [-0.1, -0.05) is 13.8 Å². The summed E-state index contributed by atoms with van der Waals surface area (Å²) in [6.07, 6.45) is 6.23. The number of pyridine rings is 2. The minimum absolute atomic E-state index is 0.209. The summed E-state index contributed by atoms with van der Waals surface area (Å²) in [4.78, 5) is 34.1. The zero-order valence-corrected chi connectivity index (χ0v) is 17.8. The average Bonchev–Trinajstić information content (AvgIpc) is 3.18. The summed E-state index contributed by atoms with van der Waals surface area (Å²) in [6, 6.07) is 6.76. The molecular formula is C22H23N7O2. The van der Waals surface area contributed by atoms with Crippen LogP contribution in [0.1, 0.15) is 35.5 Å². The number of nitrogens with one attached hydrogen (secondary N) is 1. The highest BCUT2D eigenvalue weighted by molar-refractivity contribution is 6.00. The molecule has 0 aromatic carbocycles. The van der Waals surface area contributed by atoms with Gasteiger partial charge in [-0.15, -0.1) is 0 Å². The molecule has 0 spiro atoms. The van der Waals surface area contributed by atoms with E-state index in [1.165, 1.54) is 11.1 Å². The fraction of sp³-hybridized carbons (Fsp3) is 0.273. The van der Waals surface area contributed by atoms with Crippen LogP contribution in [-0.4, -0.2) is 39.1 Å². The van der Waals surface area contributed by atoms with Crippen LogP contribution >= 0.6 is 0 Å². The molecule has 0 bridgehead atoms. The second-order valence-electron chi connectivity index (χ2n) is 7.55. The van der Waals surface area contributed by atoms with E-state index >= 15 is 0 Å². The highest BCUT2D eigenvalue weighted by Gasteiger charge is 2.17. The fourth-order valence-electron chi connectivity index (χ4n) is 3.12. The summed E-state index contributed by atoms with van der Waals surface area (Å²) in [5.41, 5.74) is 2.92. The number of aryl methyl sites for hydroxylation is 1. The summed E-state index contributed by atoms with van der Waals surface area (Å²) in [7, 11) is 3.34. The van der Waals surface area contributed by atoms with Gasteiger partial charge in [0.15, 0.2) is 6.29 Å². The molecule has 0 atom stereocenters. The zero-order chi connectivity index (χ0) is 22.5. The Balaban J connectivity index is 1.82. The summed E-state index contributed by atoms with van der Waals surface area (Å²) in [5.74, 6) is 1.00. The maximum Gasteiger partial charge on any atom is 0.328 e. The van der Waals surface area contributed by atoms with Crippen LogP contribution in [0.25, 0.3) is 11.1 Å². The molecule has 0 unspecified atom stereocenters. The van der Waals surface area contributed by atoms with Crippen molar-refractivity contribution in [3.05, 3.63) is 53.6 Å². The first-order valence-electron chi connectivity index (χ1n) is 9.71. The van der Waals surface area contributed by atoms with Crippen LogP contribution in [0.5, 0.6) is 0 Å². The van der Waals surface area contributed by atoms with E-state index in [1.54, 1.807) is 49.4 Å². The third kappa shape index (κ3) is 4.93. The number of anilines is 2. The van der Waals surface area contributed by atoms with Gasteiger partial charge >= 0.3 is 6.03 Å². The largest absolute Gasteiger partial charge is 0.328 e. The van der Waals surface area contributed by atoms with Gasteiger partial charge in [-0.25, -0.2) is 14.8 Å². The lowest BCUT2D eigenvalue weighted by atomic mass is 10.00. The van der Waals surface area contributed by atoms with Crippen molar-refractivity contribution in [2.45, 2.75) is 20.3 Å². The lowest BCUT2D eigenvalue weighted by Crippen LogP contribution is -2.32. The Hall–Kier alpha value is -4.06. The van der Waals surface area contributed by atoms with Crippen molar-refractivity contribution >= 4 is 24.0 Å². The van der Waals surface area contributed by atoms with E-state index in [9.17, 15) is 14.9 Å². The van der Waals surface area contributed by atoms with Crippen LogP contribution in [-0.2, 0) is 13.5 Å². The van der Waals surface area contributed by atoms with Gasteiger partial charge in [0.1, 0.15) is 23.4 Å². The Morgan fingerprint density at radius 1 is 1.35 bits per heavy atom. The van der Waals surface area contributed by atoms with Gasteiger partial charge in [0.05, 0.1) is 11.8 Å². The molecule has 2 amide bonds. The van der Waals surface area contributed by atoms with Crippen LogP contribution < -0.4 is 10.2 Å². The molecular weight excluding hydrogens is 394 g/mol. The van der Waals surface area contributed by atoms with E-state index in [0.717, 1.165) is 11.1 Å². The Bertz CT molecular complexity index is 1160. The number of amides is 2. The Labute approximate surface area is 180 Å². The highest BCUT2D eigenvalue weighted by atomic mass is 16.2. The Kier molecular flexibility index (Phi) is 6.40. The second-order valence-corrected chi connectivity index (χ2v) is 7.55. The number of rotatable bonds is 6. The number of hydrogen-bond donors (Lipinski definition) is 1. The molecule has 1 N–H and O–H groups in total. The van der Waals surface area contributed by atoms with Crippen LogP contribution in [0.4, 0.5) is 16.4 Å². The lowest BCUT2D eigenvalue weighted by Gasteiger charge is -2.18. The van der Waals surface area contributed by atoms with Crippen molar-refractivity contribution in [3.63, 3.8) is 0 Å². The van der Waals surface area contributed by atoms with E-state index in [1.807, 2.05) is 0 Å². The fourth-order valence-corrected chi connectivity index (χ4v) is 3.12. The van der Waals surface area contributed by atoms with Crippen molar-refractivity contribution in [1.29, 1.82) is 5.26 Å². The third-order valence-electron chi connectivity index (χ3n) is 4.66. The van der Waals surface area contributed by atoms with Gasteiger partial charge in [-0.05, 0) is 36.1 Å². The molecule has 3 aromatic heterocycles. The van der Waals surface area contributed by atoms with Crippen LogP contribution in [0.15, 0.2) is 36.8 Å². The summed E-state index contributed by atoms with van der Waals surface area (Å²) >= 11 is 0. The second kappa shape index (κ2) is 9.17. The first-order chi connectivity index (χ1) is 14.8. The number of carbonyl (C=O) groups is 2. The van der Waals surface area contributed by atoms with Crippen molar-refractivity contribution < 1.29 is 9.59 Å². The van der Waals surface area contributed by atoms with Gasteiger partial charge in [0.25, 0.3) is 0 Å². The predicted molar refractivity (Wildman–Crippen MR) is 117 cm³/mol. The number of hydrogen-bond acceptors (Lipinski definition) is 6.